The second kappa shape index (κ2) is 7.95. The zero-order valence-electron chi connectivity index (χ0n) is 13.2. The molecule has 0 bridgehead atoms. The van der Waals surface area contributed by atoms with Gasteiger partial charge in [-0.1, -0.05) is 29.8 Å². The lowest BCUT2D eigenvalue weighted by atomic mass is 10.1. The van der Waals surface area contributed by atoms with Gasteiger partial charge in [-0.15, -0.1) is 0 Å². The second-order valence-electron chi connectivity index (χ2n) is 5.28. The van der Waals surface area contributed by atoms with Gasteiger partial charge in [0.2, 0.25) is 10.0 Å². The van der Waals surface area contributed by atoms with E-state index in [0.29, 0.717) is 16.8 Å². The van der Waals surface area contributed by atoms with Crippen LogP contribution in [-0.2, 0) is 16.4 Å². The number of ether oxygens (including phenoxy) is 1. The molecule has 0 heterocycles. The summed E-state index contributed by atoms with van der Waals surface area (Å²) in [6.07, 6.45) is 1.59. The van der Waals surface area contributed by atoms with Crippen molar-refractivity contribution in [1.29, 1.82) is 0 Å². The van der Waals surface area contributed by atoms with E-state index in [1.165, 1.54) is 24.3 Å². The Hall–Kier alpha value is -1.37. The molecule has 6 heteroatoms. The average molecular weight is 398 g/mol. The lowest BCUT2D eigenvalue weighted by Crippen LogP contribution is -2.25. The smallest absolute Gasteiger partial charge is 0.240 e. The summed E-state index contributed by atoms with van der Waals surface area (Å²) in [7, 11) is -1.97. The third kappa shape index (κ3) is 5.06. The summed E-state index contributed by atoms with van der Waals surface area (Å²) in [5.74, 6) is 0.600. The molecule has 0 fully saturated rings. The minimum absolute atomic E-state index is 0.223. The molecule has 2 aromatic carbocycles. The molecule has 0 unspecified atom stereocenters. The molecule has 0 radical (unpaired) electrons. The molecule has 124 valence electrons. The van der Waals surface area contributed by atoms with Crippen molar-refractivity contribution in [1.82, 2.24) is 4.72 Å². The Morgan fingerprint density at radius 3 is 2.43 bits per heavy atom. The normalized spacial score (nSPS) is 11.4. The van der Waals surface area contributed by atoms with Gasteiger partial charge in [-0.2, -0.15) is 0 Å². The topological polar surface area (TPSA) is 55.4 Å². The number of halogens is 1. The standard InChI is InChI=1S/C17H20BrNO3S/c1-13-5-7-14(8-6-13)4-3-11-19-23(20,21)15-9-10-17(22-2)16(18)12-15/h5-10,12,19H,3-4,11H2,1-2H3. The van der Waals surface area contributed by atoms with Gasteiger partial charge in [-0.05, 0) is 59.5 Å². The van der Waals surface area contributed by atoms with Crippen molar-refractivity contribution in [2.45, 2.75) is 24.7 Å². The first kappa shape index (κ1) is 18.0. The molecule has 2 rings (SSSR count). The molecule has 0 aliphatic rings. The fourth-order valence-corrected chi connectivity index (χ4v) is 3.94. The SMILES string of the molecule is COc1ccc(S(=O)(=O)NCCCc2ccc(C)cc2)cc1Br. The monoisotopic (exact) mass is 397 g/mol. The van der Waals surface area contributed by atoms with Crippen LogP contribution in [0, 0.1) is 6.92 Å². The van der Waals surface area contributed by atoms with Crippen molar-refractivity contribution in [3.63, 3.8) is 0 Å². The highest BCUT2D eigenvalue weighted by atomic mass is 79.9. The van der Waals surface area contributed by atoms with Gasteiger partial charge in [0.1, 0.15) is 5.75 Å². The molecular weight excluding hydrogens is 378 g/mol. The molecule has 0 aliphatic carbocycles. The van der Waals surface area contributed by atoms with E-state index < -0.39 is 10.0 Å². The first-order chi connectivity index (χ1) is 10.9. The Bertz CT molecular complexity index is 758. The van der Waals surface area contributed by atoms with Gasteiger partial charge >= 0.3 is 0 Å². The van der Waals surface area contributed by atoms with Crippen LogP contribution in [0.3, 0.4) is 0 Å². The van der Waals surface area contributed by atoms with Gasteiger partial charge < -0.3 is 4.74 Å². The highest BCUT2D eigenvalue weighted by Gasteiger charge is 2.15. The summed E-state index contributed by atoms with van der Waals surface area (Å²) < 4.78 is 32.9. The summed E-state index contributed by atoms with van der Waals surface area (Å²) in [6, 6.07) is 13.0. The van der Waals surface area contributed by atoms with E-state index in [-0.39, 0.29) is 4.90 Å². The van der Waals surface area contributed by atoms with Crippen molar-refractivity contribution >= 4 is 26.0 Å². The van der Waals surface area contributed by atoms with Crippen LogP contribution in [0.15, 0.2) is 51.8 Å². The predicted octanol–water partition coefficient (Wildman–Crippen LogP) is 3.68. The molecule has 1 N–H and O–H groups in total. The zero-order chi connectivity index (χ0) is 16.9. The van der Waals surface area contributed by atoms with E-state index in [9.17, 15) is 8.42 Å². The molecule has 23 heavy (non-hydrogen) atoms. The molecule has 0 aliphatic heterocycles. The number of hydrogen-bond acceptors (Lipinski definition) is 3. The molecule has 0 saturated heterocycles. The van der Waals surface area contributed by atoms with Gasteiger partial charge in [-0.25, -0.2) is 13.1 Å². The Balaban J connectivity index is 1.91. The summed E-state index contributed by atoms with van der Waals surface area (Å²) in [5.41, 5.74) is 2.43. The molecule has 4 nitrogen and oxygen atoms in total. The summed E-state index contributed by atoms with van der Waals surface area (Å²) in [4.78, 5) is 0.223. The first-order valence-electron chi connectivity index (χ1n) is 7.31. The van der Waals surface area contributed by atoms with Crippen LogP contribution in [0.1, 0.15) is 17.5 Å². The van der Waals surface area contributed by atoms with Crippen molar-refractivity contribution in [3.05, 3.63) is 58.1 Å². The summed E-state index contributed by atoms with van der Waals surface area (Å²) in [5, 5.41) is 0. The number of aryl methyl sites for hydroxylation is 2. The molecule has 0 amide bonds. The Morgan fingerprint density at radius 1 is 1.13 bits per heavy atom. The van der Waals surface area contributed by atoms with E-state index in [0.717, 1.165) is 12.8 Å². The van der Waals surface area contributed by atoms with Gasteiger partial charge in [0.15, 0.2) is 0 Å². The van der Waals surface area contributed by atoms with E-state index in [2.05, 4.69) is 44.9 Å². The second-order valence-corrected chi connectivity index (χ2v) is 7.90. The third-order valence-electron chi connectivity index (χ3n) is 3.49. The Kier molecular flexibility index (Phi) is 6.21. The maximum Gasteiger partial charge on any atom is 0.240 e. The summed E-state index contributed by atoms with van der Waals surface area (Å²) in [6.45, 7) is 2.45. The molecule has 0 atom stereocenters. The Morgan fingerprint density at radius 2 is 1.83 bits per heavy atom. The maximum absolute atomic E-state index is 12.3. The van der Waals surface area contributed by atoms with Crippen LogP contribution in [0.4, 0.5) is 0 Å². The molecule has 0 saturated carbocycles. The number of nitrogens with one attached hydrogen (secondary N) is 1. The van der Waals surface area contributed by atoms with Crippen LogP contribution >= 0.6 is 15.9 Å². The largest absolute Gasteiger partial charge is 0.496 e. The number of hydrogen-bond donors (Lipinski definition) is 1. The molecule has 0 aromatic heterocycles. The van der Waals surface area contributed by atoms with Crippen LogP contribution in [0.2, 0.25) is 0 Å². The Labute approximate surface area is 146 Å². The fraction of sp³-hybridized carbons (Fsp3) is 0.294. The summed E-state index contributed by atoms with van der Waals surface area (Å²) >= 11 is 3.30. The minimum atomic E-state index is -3.50. The number of sulfonamides is 1. The first-order valence-corrected chi connectivity index (χ1v) is 9.59. The highest BCUT2D eigenvalue weighted by Crippen LogP contribution is 2.27. The van der Waals surface area contributed by atoms with Crippen LogP contribution in [0.25, 0.3) is 0 Å². The lowest BCUT2D eigenvalue weighted by molar-refractivity contribution is 0.411. The number of benzene rings is 2. The minimum Gasteiger partial charge on any atom is -0.496 e. The van der Waals surface area contributed by atoms with Gasteiger partial charge in [-0.3, -0.25) is 0 Å². The highest BCUT2D eigenvalue weighted by molar-refractivity contribution is 9.10. The zero-order valence-corrected chi connectivity index (χ0v) is 15.6. The number of methoxy groups -OCH3 is 1. The third-order valence-corrected chi connectivity index (χ3v) is 5.57. The predicted molar refractivity (Wildman–Crippen MR) is 95.4 cm³/mol. The van der Waals surface area contributed by atoms with E-state index in [1.54, 1.807) is 12.1 Å². The quantitative estimate of drug-likeness (QED) is 0.724. The van der Waals surface area contributed by atoms with Crippen LogP contribution in [0.5, 0.6) is 5.75 Å². The van der Waals surface area contributed by atoms with Gasteiger partial charge in [0, 0.05) is 6.54 Å². The van der Waals surface area contributed by atoms with Gasteiger partial charge in [0.25, 0.3) is 0 Å². The van der Waals surface area contributed by atoms with Crippen molar-refractivity contribution in [3.8, 4) is 5.75 Å². The molecular formula is C17H20BrNO3S. The maximum atomic E-state index is 12.3. The average Bonchev–Trinajstić information content (AvgIpc) is 2.53. The van der Waals surface area contributed by atoms with Crippen molar-refractivity contribution in [2.24, 2.45) is 0 Å². The van der Waals surface area contributed by atoms with E-state index in [1.807, 2.05) is 6.92 Å². The number of rotatable bonds is 7. The fourth-order valence-electron chi connectivity index (χ4n) is 2.15. The van der Waals surface area contributed by atoms with Crippen LogP contribution < -0.4 is 9.46 Å². The van der Waals surface area contributed by atoms with Crippen LogP contribution in [-0.4, -0.2) is 22.1 Å². The van der Waals surface area contributed by atoms with E-state index in [4.69, 9.17) is 4.74 Å². The van der Waals surface area contributed by atoms with E-state index >= 15 is 0 Å². The molecule has 2 aromatic rings. The molecule has 0 spiro atoms. The van der Waals surface area contributed by atoms with Crippen molar-refractivity contribution < 1.29 is 13.2 Å². The van der Waals surface area contributed by atoms with Gasteiger partial charge in [0.05, 0.1) is 16.5 Å². The lowest BCUT2D eigenvalue weighted by Gasteiger charge is -2.09. The van der Waals surface area contributed by atoms with Crippen molar-refractivity contribution in [2.75, 3.05) is 13.7 Å².